The predicted molar refractivity (Wildman–Crippen MR) is 85.9 cm³/mol. The maximum absolute atomic E-state index is 4.46. The van der Waals surface area contributed by atoms with Crippen LogP contribution in [-0.2, 0) is 6.54 Å². The molecule has 0 bridgehead atoms. The molecule has 1 atom stereocenters. The number of allylic oxidation sites excluding steroid dienone is 1. The van der Waals surface area contributed by atoms with Gasteiger partial charge in [-0.3, -0.25) is 0 Å². The minimum Gasteiger partial charge on any atom is -0.329 e. The summed E-state index contributed by atoms with van der Waals surface area (Å²) in [5.41, 5.74) is 3.54. The fourth-order valence-electron chi connectivity index (χ4n) is 2.42. The van der Waals surface area contributed by atoms with E-state index < -0.39 is 0 Å². The number of benzene rings is 1. The van der Waals surface area contributed by atoms with Crippen LogP contribution in [0.2, 0.25) is 0 Å². The Balaban J connectivity index is 2.07. The highest BCUT2D eigenvalue weighted by molar-refractivity contribution is 5.74. The van der Waals surface area contributed by atoms with E-state index in [0.717, 1.165) is 37.9 Å². The van der Waals surface area contributed by atoms with Gasteiger partial charge in [-0.15, -0.1) is 6.58 Å². The summed E-state index contributed by atoms with van der Waals surface area (Å²) in [5, 5.41) is 3.64. The molecule has 1 aromatic carbocycles. The van der Waals surface area contributed by atoms with Crippen molar-refractivity contribution in [2.24, 2.45) is 0 Å². The Labute approximate surface area is 121 Å². The number of nitrogens with one attached hydrogen (secondary N) is 1. The minimum atomic E-state index is 0.476. The van der Waals surface area contributed by atoms with Crippen LogP contribution in [-0.4, -0.2) is 22.1 Å². The third-order valence-electron chi connectivity index (χ3n) is 3.55. The van der Waals surface area contributed by atoms with Crippen LogP contribution in [0.25, 0.3) is 11.0 Å². The number of para-hydroxylation sites is 2. The number of hydrogen-bond acceptors (Lipinski definition) is 2. The van der Waals surface area contributed by atoms with Crippen LogP contribution in [0.1, 0.15) is 33.1 Å². The van der Waals surface area contributed by atoms with Gasteiger partial charge in [0.05, 0.1) is 17.4 Å². The van der Waals surface area contributed by atoms with Gasteiger partial charge in [0.2, 0.25) is 0 Å². The summed E-state index contributed by atoms with van der Waals surface area (Å²) >= 11 is 0. The maximum Gasteiger partial charge on any atom is 0.0958 e. The molecule has 0 aliphatic heterocycles. The lowest BCUT2D eigenvalue weighted by Crippen LogP contribution is -2.33. The Morgan fingerprint density at radius 2 is 2.20 bits per heavy atom. The Kier molecular flexibility index (Phi) is 5.36. The Bertz CT molecular complexity index is 556. The molecule has 1 unspecified atom stereocenters. The fourth-order valence-corrected chi connectivity index (χ4v) is 2.42. The molecular formula is C17H25N3. The third kappa shape index (κ3) is 3.94. The van der Waals surface area contributed by atoms with Crippen LogP contribution in [0.4, 0.5) is 0 Å². The number of nitrogens with zero attached hydrogens (tertiary/aromatic N) is 2. The first-order valence-electron chi connectivity index (χ1n) is 7.48. The lowest BCUT2D eigenvalue weighted by molar-refractivity contribution is 0.428. The molecule has 2 rings (SSSR count). The number of hydrogen-bond donors (Lipinski definition) is 1. The molecule has 3 nitrogen and oxygen atoms in total. The number of fused-ring (bicyclic) bond motifs is 1. The Morgan fingerprint density at radius 3 is 2.95 bits per heavy atom. The zero-order valence-electron chi connectivity index (χ0n) is 12.6. The molecule has 1 aromatic heterocycles. The Morgan fingerprint density at radius 1 is 1.40 bits per heavy atom. The summed E-state index contributed by atoms with van der Waals surface area (Å²) in [5.74, 6) is 0. The molecule has 0 spiro atoms. The van der Waals surface area contributed by atoms with Crippen LogP contribution in [0.15, 0.2) is 42.7 Å². The highest BCUT2D eigenvalue weighted by Crippen LogP contribution is 2.14. The van der Waals surface area contributed by atoms with Crippen molar-refractivity contribution in [1.29, 1.82) is 0 Å². The normalized spacial score (nSPS) is 12.7. The maximum atomic E-state index is 4.46. The zero-order chi connectivity index (χ0) is 14.4. The summed E-state index contributed by atoms with van der Waals surface area (Å²) < 4.78 is 2.25. The molecule has 1 N–H and O–H groups in total. The van der Waals surface area contributed by atoms with Crippen LogP contribution in [0, 0.1) is 0 Å². The van der Waals surface area contributed by atoms with Crippen molar-refractivity contribution in [1.82, 2.24) is 14.9 Å². The first kappa shape index (κ1) is 14.8. The van der Waals surface area contributed by atoms with E-state index in [0.29, 0.717) is 6.04 Å². The second-order valence-corrected chi connectivity index (χ2v) is 5.53. The Hall–Kier alpha value is -1.61. The SMILES string of the molecule is C=C(C)CCC(Cn1cnc2ccccc21)NCCC. The van der Waals surface area contributed by atoms with E-state index in [1.165, 1.54) is 11.1 Å². The third-order valence-corrected chi connectivity index (χ3v) is 3.55. The monoisotopic (exact) mass is 271 g/mol. The lowest BCUT2D eigenvalue weighted by Gasteiger charge is -2.19. The second-order valence-electron chi connectivity index (χ2n) is 5.53. The van der Waals surface area contributed by atoms with Gasteiger partial charge in [-0.05, 0) is 44.9 Å². The van der Waals surface area contributed by atoms with Gasteiger partial charge in [0.25, 0.3) is 0 Å². The average Bonchev–Trinajstić information content (AvgIpc) is 2.85. The number of imidazole rings is 1. The highest BCUT2D eigenvalue weighted by Gasteiger charge is 2.10. The van der Waals surface area contributed by atoms with Gasteiger partial charge in [0.15, 0.2) is 0 Å². The van der Waals surface area contributed by atoms with Gasteiger partial charge >= 0.3 is 0 Å². The van der Waals surface area contributed by atoms with Crippen LogP contribution >= 0.6 is 0 Å². The molecule has 0 radical (unpaired) electrons. The van der Waals surface area contributed by atoms with Crippen LogP contribution < -0.4 is 5.32 Å². The van der Waals surface area contributed by atoms with Crippen molar-refractivity contribution in [3.8, 4) is 0 Å². The quantitative estimate of drug-likeness (QED) is 0.741. The smallest absolute Gasteiger partial charge is 0.0958 e. The summed E-state index contributed by atoms with van der Waals surface area (Å²) in [6.07, 6.45) is 5.32. The van der Waals surface area contributed by atoms with E-state index in [2.05, 4.69) is 53.5 Å². The van der Waals surface area contributed by atoms with E-state index in [1.807, 2.05) is 12.4 Å². The summed E-state index contributed by atoms with van der Waals surface area (Å²) in [4.78, 5) is 4.46. The van der Waals surface area contributed by atoms with Crippen molar-refractivity contribution < 1.29 is 0 Å². The van der Waals surface area contributed by atoms with Crippen molar-refractivity contribution in [3.63, 3.8) is 0 Å². The van der Waals surface area contributed by atoms with Crippen molar-refractivity contribution in [2.45, 2.75) is 45.7 Å². The molecule has 2 aromatic rings. The molecule has 0 amide bonds. The molecular weight excluding hydrogens is 246 g/mol. The topological polar surface area (TPSA) is 29.9 Å². The van der Waals surface area contributed by atoms with E-state index in [-0.39, 0.29) is 0 Å². The summed E-state index contributed by atoms with van der Waals surface area (Å²) in [6, 6.07) is 8.78. The molecule has 108 valence electrons. The van der Waals surface area contributed by atoms with Gasteiger partial charge in [0, 0.05) is 12.6 Å². The van der Waals surface area contributed by atoms with Crippen molar-refractivity contribution in [2.75, 3.05) is 6.54 Å². The summed E-state index contributed by atoms with van der Waals surface area (Å²) in [7, 11) is 0. The molecule has 0 aliphatic carbocycles. The van der Waals surface area contributed by atoms with Crippen LogP contribution in [0.5, 0.6) is 0 Å². The van der Waals surface area contributed by atoms with Crippen molar-refractivity contribution in [3.05, 3.63) is 42.7 Å². The second kappa shape index (κ2) is 7.25. The molecule has 0 fully saturated rings. The van der Waals surface area contributed by atoms with Gasteiger partial charge in [-0.25, -0.2) is 4.98 Å². The van der Waals surface area contributed by atoms with Gasteiger partial charge in [-0.1, -0.05) is 24.6 Å². The highest BCUT2D eigenvalue weighted by atomic mass is 15.1. The largest absolute Gasteiger partial charge is 0.329 e. The molecule has 1 heterocycles. The average molecular weight is 271 g/mol. The first-order valence-corrected chi connectivity index (χ1v) is 7.48. The first-order chi connectivity index (χ1) is 9.70. The van der Waals surface area contributed by atoms with E-state index in [1.54, 1.807) is 0 Å². The molecule has 0 saturated carbocycles. The predicted octanol–water partition coefficient (Wildman–Crippen LogP) is 3.76. The lowest BCUT2D eigenvalue weighted by atomic mass is 10.1. The van der Waals surface area contributed by atoms with Gasteiger partial charge in [-0.2, -0.15) is 0 Å². The molecule has 0 aliphatic rings. The molecule has 0 saturated heterocycles. The summed E-state index contributed by atoms with van der Waals surface area (Å²) in [6.45, 7) is 10.3. The van der Waals surface area contributed by atoms with E-state index in [4.69, 9.17) is 0 Å². The zero-order valence-corrected chi connectivity index (χ0v) is 12.6. The number of aromatic nitrogens is 2. The minimum absolute atomic E-state index is 0.476. The van der Waals surface area contributed by atoms with Crippen molar-refractivity contribution >= 4 is 11.0 Å². The van der Waals surface area contributed by atoms with E-state index >= 15 is 0 Å². The van der Waals surface area contributed by atoms with Crippen LogP contribution in [0.3, 0.4) is 0 Å². The van der Waals surface area contributed by atoms with Gasteiger partial charge < -0.3 is 9.88 Å². The molecule has 20 heavy (non-hydrogen) atoms. The van der Waals surface area contributed by atoms with Gasteiger partial charge in [0.1, 0.15) is 0 Å². The molecule has 3 heteroatoms. The van der Waals surface area contributed by atoms with E-state index in [9.17, 15) is 0 Å². The fraction of sp³-hybridized carbons (Fsp3) is 0.471. The number of rotatable bonds is 8. The standard InChI is InChI=1S/C17H25N3/c1-4-11-18-15(10-9-14(2)3)12-20-13-19-16-7-5-6-8-17(16)20/h5-8,13,15,18H,2,4,9-12H2,1,3H3.